The lowest BCUT2D eigenvalue weighted by molar-refractivity contribution is 0.173. The molecule has 3 rings (SSSR count). The van der Waals surface area contributed by atoms with Crippen molar-refractivity contribution in [3.63, 3.8) is 0 Å². The SMILES string of the molecule is CCCNC(c1cc2cc(C)ccc2o1)C1CCOC1. The summed E-state index contributed by atoms with van der Waals surface area (Å²) in [6.45, 7) is 7.02. The van der Waals surface area contributed by atoms with Crippen LogP contribution in [-0.2, 0) is 4.74 Å². The van der Waals surface area contributed by atoms with Crippen molar-refractivity contribution in [2.24, 2.45) is 5.92 Å². The zero-order valence-electron chi connectivity index (χ0n) is 12.3. The fourth-order valence-corrected chi connectivity index (χ4v) is 2.95. The maximum absolute atomic E-state index is 6.08. The van der Waals surface area contributed by atoms with Crippen molar-refractivity contribution in [2.45, 2.75) is 32.7 Å². The molecule has 0 aliphatic carbocycles. The first-order valence-electron chi connectivity index (χ1n) is 7.59. The minimum absolute atomic E-state index is 0.269. The first-order chi connectivity index (χ1) is 9.78. The molecule has 3 heteroatoms. The van der Waals surface area contributed by atoms with Gasteiger partial charge in [-0.15, -0.1) is 0 Å². The quantitative estimate of drug-likeness (QED) is 0.899. The monoisotopic (exact) mass is 273 g/mol. The fraction of sp³-hybridized carbons (Fsp3) is 0.529. The van der Waals surface area contributed by atoms with E-state index in [1.54, 1.807) is 0 Å². The Morgan fingerprint density at radius 2 is 2.25 bits per heavy atom. The Morgan fingerprint density at radius 3 is 3.00 bits per heavy atom. The van der Waals surface area contributed by atoms with Crippen LogP contribution < -0.4 is 5.32 Å². The van der Waals surface area contributed by atoms with Crippen molar-refractivity contribution in [2.75, 3.05) is 19.8 Å². The normalized spacial score (nSPS) is 20.6. The van der Waals surface area contributed by atoms with Gasteiger partial charge in [-0.05, 0) is 44.5 Å². The molecule has 0 radical (unpaired) electrons. The van der Waals surface area contributed by atoms with Crippen LogP contribution in [0.15, 0.2) is 28.7 Å². The molecule has 1 N–H and O–H groups in total. The van der Waals surface area contributed by atoms with Gasteiger partial charge in [0.1, 0.15) is 11.3 Å². The Bertz CT molecular complexity index is 569. The van der Waals surface area contributed by atoms with Crippen molar-refractivity contribution < 1.29 is 9.15 Å². The van der Waals surface area contributed by atoms with Crippen LogP contribution in [0.25, 0.3) is 11.0 Å². The average Bonchev–Trinajstić information content (AvgIpc) is 3.08. The summed E-state index contributed by atoms with van der Waals surface area (Å²) in [5.74, 6) is 1.57. The van der Waals surface area contributed by atoms with E-state index >= 15 is 0 Å². The largest absolute Gasteiger partial charge is 0.459 e. The van der Waals surface area contributed by atoms with Gasteiger partial charge in [-0.1, -0.05) is 18.6 Å². The van der Waals surface area contributed by atoms with E-state index in [9.17, 15) is 0 Å². The first-order valence-corrected chi connectivity index (χ1v) is 7.59. The van der Waals surface area contributed by atoms with Crippen molar-refractivity contribution in [1.82, 2.24) is 5.32 Å². The maximum atomic E-state index is 6.08. The molecule has 2 heterocycles. The summed E-state index contributed by atoms with van der Waals surface area (Å²) < 4.78 is 11.6. The summed E-state index contributed by atoms with van der Waals surface area (Å²) in [5.41, 5.74) is 2.25. The van der Waals surface area contributed by atoms with Gasteiger partial charge < -0.3 is 14.5 Å². The number of aryl methyl sites for hydroxylation is 1. The molecule has 2 unspecified atom stereocenters. The first kappa shape index (κ1) is 13.7. The Morgan fingerprint density at radius 1 is 1.35 bits per heavy atom. The zero-order valence-corrected chi connectivity index (χ0v) is 12.3. The molecule has 0 saturated carbocycles. The van der Waals surface area contributed by atoms with Crippen LogP contribution in [-0.4, -0.2) is 19.8 Å². The molecule has 2 aromatic rings. The summed E-state index contributed by atoms with van der Waals surface area (Å²) in [7, 11) is 0. The van der Waals surface area contributed by atoms with Gasteiger partial charge in [0.25, 0.3) is 0 Å². The molecule has 1 aromatic carbocycles. The number of rotatable bonds is 5. The number of benzene rings is 1. The second-order valence-electron chi connectivity index (χ2n) is 5.75. The summed E-state index contributed by atoms with van der Waals surface area (Å²) in [5, 5.41) is 4.83. The van der Waals surface area contributed by atoms with Crippen molar-refractivity contribution in [1.29, 1.82) is 0 Å². The fourth-order valence-electron chi connectivity index (χ4n) is 2.95. The van der Waals surface area contributed by atoms with Gasteiger partial charge in [0, 0.05) is 17.9 Å². The summed E-state index contributed by atoms with van der Waals surface area (Å²) in [6.07, 6.45) is 2.24. The van der Waals surface area contributed by atoms with Crippen LogP contribution >= 0.6 is 0 Å². The van der Waals surface area contributed by atoms with E-state index in [-0.39, 0.29) is 6.04 Å². The smallest absolute Gasteiger partial charge is 0.134 e. The molecule has 0 amide bonds. The molecule has 0 spiro atoms. The second-order valence-corrected chi connectivity index (χ2v) is 5.75. The number of furan rings is 1. The van der Waals surface area contributed by atoms with E-state index in [0.717, 1.165) is 43.9 Å². The molecule has 108 valence electrons. The van der Waals surface area contributed by atoms with Gasteiger partial charge in [0.2, 0.25) is 0 Å². The number of hydrogen-bond donors (Lipinski definition) is 1. The third-order valence-corrected chi connectivity index (χ3v) is 4.05. The average molecular weight is 273 g/mol. The highest BCUT2D eigenvalue weighted by Crippen LogP contribution is 2.32. The topological polar surface area (TPSA) is 34.4 Å². The van der Waals surface area contributed by atoms with E-state index in [1.807, 2.05) is 0 Å². The van der Waals surface area contributed by atoms with Gasteiger partial charge >= 0.3 is 0 Å². The molecule has 0 bridgehead atoms. The predicted octanol–water partition coefficient (Wildman–Crippen LogP) is 3.82. The van der Waals surface area contributed by atoms with E-state index in [4.69, 9.17) is 9.15 Å². The lowest BCUT2D eigenvalue weighted by Gasteiger charge is -2.21. The van der Waals surface area contributed by atoms with Crippen LogP contribution in [0.5, 0.6) is 0 Å². The highest BCUT2D eigenvalue weighted by molar-refractivity contribution is 5.78. The molecule has 2 atom stereocenters. The van der Waals surface area contributed by atoms with Gasteiger partial charge in [-0.25, -0.2) is 0 Å². The second kappa shape index (κ2) is 5.98. The molecule has 3 nitrogen and oxygen atoms in total. The van der Waals surface area contributed by atoms with Gasteiger partial charge in [-0.2, -0.15) is 0 Å². The van der Waals surface area contributed by atoms with Crippen molar-refractivity contribution >= 4 is 11.0 Å². The molecule has 20 heavy (non-hydrogen) atoms. The molecule has 1 fully saturated rings. The Labute approximate surface area is 120 Å². The third-order valence-electron chi connectivity index (χ3n) is 4.05. The third kappa shape index (κ3) is 2.74. The maximum Gasteiger partial charge on any atom is 0.134 e. The molecule has 1 saturated heterocycles. The van der Waals surface area contributed by atoms with Crippen molar-refractivity contribution in [3.05, 3.63) is 35.6 Å². The highest BCUT2D eigenvalue weighted by Gasteiger charge is 2.29. The lowest BCUT2D eigenvalue weighted by Crippen LogP contribution is -2.29. The molecular weight excluding hydrogens is 250 g/mol. The lowest BCUT2D eigenvalue weighted by atomic mass is 9.96. The highest BCUT2D eigenvalue weighted by atomic mass is 16.5. The van der Waals surface area contributed by atoms with E-state index in [0.29, 0.717) is 5.92 Å². The van der Waals surface area contributed by atoms with Crippen molar-refractivity contribution in [3.8, 4) is 0 Å². The molecular formula is C17H23NO2. The summed E-state index contributed by atoms with van der Waals surface area (Å²) >= 11 is 0. The van der Waals surface area contributed by atoms with Crippen LogP contribution in [0.4, 0.5) is 0 Å². The minimum Gasteiger partial charge on any atom is -0.459 e. The number of nitrogens with one attached hydrogen (secondary N) is 1. The molecule has 1 aromatic heterocycles. The van der Waals surface area contributed by atoms with E-state index in [2.05, 4.69) is 43.4 Å². The van der Waals surface area contributed by atoms with Gasteiger partial charge in [0.15, 0.2) is 0 Å². The van der Waals surface area contributed by atoms with Crippen LogP contribution in [0.2, 0.25) is 0 Å². The summed E-state index contributed by atoms with van der Waals surface area (Å²) in [4.78, 5) is 0. The van der Waals surface area contributed by atoms with Gasteiger partial charge in [0.05, 0.1) is 12.6 Å². The van der Waals surface area contributed by atoms with Crippen LogP contribution in [0, 0.1) is 12.8 Å². The molecule has 1 aliphatic heterocycles. The zero-order chi connectivity index (χ0) is 13.9. The van der Waals surface area contributed by atoms with E-state index < -0.39 is 0 Å². The molecule has 1 aliphatic rings. The Balaban J connectivity index is 1.90. The number of fused-ring (bicyclic) bond motifs is 1. The minimum atomic E-state index is 0.269. The number of ether oxygens (including phenoxy) is 1. The van der Waals surface area contributed by atoms with Gasteiger partial charge in [-0.3, -0.25) is 0 Å². The Hall–Kier alpha value is -1.32. The van der Waals surface area contributed by atoms with Crippen LogP contribution in [0.1, 0.15) is 37.1 Å². The summed E-state index contributed by atoms with van der Waals surface area (Å²) in [6, 6.07) is 8.81. The Kier molecular flexibility index (Phi) is 4.08. The number of hydrogen-bond acceptors (Lipinski definition) is 3. The standard InChI is InChI=1S/C17H23NO2/c1-3-7-18-17(13-6-8-19-11-13)16-10-14-9-12(2)4-5-15(14)20-16/h4-5,9-10,13,17-18H,3,6-8,11H2,1-2H3. The van der Waals surface area contributed by atoms with E-state index in [1.165, 1.54) is 10.9 Å². The van der Waals surface area contributed by atoms with Crippen LogP contribution in [0.3, 0.4) is 0 Å². The predicted molar refractivity (Wildman–Crippen MR) is 80.9 cm³/mol.